The summed E-state index contributed by atoms with van der Waals surface area (Å²) in [5.41, 5.74) is 5.92. The van der Waals surface area contributed by atoms with Gasteiger partial charge in [-0.1, -0.05) is 47.0 Å². The van der Waals surface area contributed by atoms with E-state index in [9.17, 15) is 0 Å². The maximum Gasteiger partial charge on any atom is 0.0620 e. The lowest BCUT2D eigenvalue weighted by Gasteiger charge is -2.19. The van der Waals surface area contributed by atoms with Crippen molar-refractivity contribution >= 4 is 0 Å². The van der Waals surface area contributed by atoms with Crippen LogP contribution >= 0.6 is 0 Å². The molecule has 0 heterocycles. The number of unbranched alkanes of at least 4 members (excludes halogenated alkanes) is 1. The molecular formula is C13H29NO. The third kappa shape index (κ3) is 7.80. The van der Waals surface area contributed by atoms with Crippen LogP contribution in [0.3, 0.4) is 0 Å². The van der Waals surface area contributed by atoms with Crippen LogP contribution in [0.4, 0.5) is 0 Å². The highest BCUT2D eigenvalue weighted by molar-refractivity contribution is 4.64. The van der Waals surface area contributed by atoms with E-state index in [0.717, 1.165) is 12.5 Å². The van der Waals surface area contributed by atoms with Crippen LogP contribution in [0, 0.1) is 11.8 Å². The Morgan fingerprint density at radius 2 is 1.80 bits per heavy atom. The first-order valence-corrected chi connectivity index (χ1v) is 6.45. The topological polar surface area (TPSA) is 35.2 Å². The van der Waals surface area contributed by atoms with Gasteiger partial charge in [0.15, 0.2) is 0 Å². The van der Waals surface area contributed by atoms with Crippen LogP contribution < -0.4 is 5.73 Å². The molecule has 15 heavy (non-hydrogen) atoms. The lowest BCUT2D eigenvalue weighted by molar-refractivity contribution is 0.0757. The van der Waals surface area contributed by atoms with Crippen LogP contribution in [-0.4, -0.2) is 19.3 Å². The highest BCUT2D eigenvalue weighted by Gasteiger charge is 2.10. The molecule has 2 unspecified atom stereocenters. The van der Waals surface area contributed by atoms with Crippen molar-refractivity contribution in [2.75, 3.05) is 13.2 Å². The minimum Gasteiger partial charge on any atom is -0.380 e. The van der Waals surface area contributed by atoms with Crippen LogP contribution in [0.1, 0.15) is 53.4 Å². The molecule has 2 heteroatoms. The average molecular weight is 215 g/mol. The van der Waals surface area contributed by atoms with Gasteiger partial charge < -0.3 is 10.5 Å². The Morgan fingerprint density at radius 1 is 1.13 bits per heavy atom. The van der Waals surface area contributed by atoms with E-state index in [-0.39, 0.29) is 6.04 Å². The van der Waals surface area contributed by atoms with Crippen molar-refractivity contribution in [3.05, 3.63) is 0 Å². The summed E-state index contributed by atoms with van der Waals surface area (Å²) in [6.45, 7) is 10.4. The van der Waals surface area contributed by atoms with E-state index in [4.69, 9.17) is 10.5 Å². The maximum absolute atomic E-state index is 5.92. The zero-order valence-electron chi connectivity index (χ0n) is 11.0. The van der Waals surface area contributed by atoms with Gasteiger partial charge in [0.25, 0.3) is 0 Å². The van der Waals surface area contributed by atoms with Crippen molar-refractivity contribution in [3.63, 3.8) is 0 Å². The molecule has 0 amide bonds. The molecule has 0 saturated heterocycles. The lowest BCUT2D eigenvalue weighted by atomic mass is 10.0. The van der Waals surface area contributed by atoms with E-state index in [1.54, 1.807) is 0 Å². The van der Waals surface area contributed by atoms with E-state index < -0.39 is 0 Å². The second kappa shape index (κ2) is 9.17. The quantitative estimate of drug-likeness (QED) is 0.641. The molecular weight excluding hydrogens is 186 g/mol. The van der Waals surface area contributed by atoms with Gasteiger partial charge in [-0.15, -0.1) is 0 Å². The Hall–Kier alpha value is -0.0800. The molecule has 0 saturated carbocycles. The predicted octanol–water partition coefficient (Wildman–Crippen LogP) is 3.20. The minimum atomic E-state index is 0.189. The third-order valence-corrected chi connectivity index (χ3v) is 3.06. The monoisotopic (exact) mass is 215 g/mol. The lowest BCUT2D eigenvalue weighted by Crippen LogP contribution is -2.32. The molecule has 0 rings (SSSR count). The number of nitrogens with two attached hydrogens (primary N) is 1. The van der Waals surface area contributed by atoms with Gasteiger partial charge in [-0.25, -0.2) is 0 Å². The molecule has 0 radical (unpaired) electrons. The van der Waals surface area contributed by atoms with Crippen molar-refractivity contribution < 1.29 is 4.74 Å². The first kappa shape index (κ1) is 14.9. The van der Waals surface area contributed by atoms with Crippen molar-refractivity contribution in [2.45, 2.75) is 59.4 Å². The molecule has 0 fully saturated rings. The van der Waals surface area contributed by atoms with Crippen LogP contribution in [0.25, 0.3) is 0 Å². The maximum atomic E-state index is 5.92. The smallest absolute Gasteiger partial charge is 0.0620 e. The molecule has 0 aliphatic carbocycles. The Bertz CT molecular complexity index is 136. The average Bonchev–Trinajstić information content (AvgIpc) is 2.22. The highest BCUT2D eigenvalue weighted by Crippen LogP contribution is 2.13. The van der Waals surface area contributed by atoms with Gasteiger partial charge in [0.05, 0.1) is 6.61 Å². The molecule has 2 atom stereocenters. The summed E-state index contributed by atoms with van der Waals surface area (Å²) in [5.74, 6) is 1.24. The molecule has 0 aliphatic rings. The summed E-state index contributed by atoms with van der Waals surface area (Å²) < 4.78 is 5.68. The van der Waals surface area contributed by atoms with Gasteiger partial charge in [0.1, 0.15) is 0 Å². The number of rotatable bonds is 9. The summed E-state index contributed by atoms with van der Waals surface area (Å²) in [5, 5.41) is 0. The minimum absolute atomic E-state index is 0.189. The molecule has 0 aromatic rings. The fourth-order valence-electron chi connectivity index (χ4n) is 1.46. The van der Waals surface area contributed by atoms with Gasteiger partial charge >= 0.3 is 0 Å². The fourth-order valence-corrected chi connectivity index (χ4v) is 1.46. The summed E-state index contributed by atoms with van der Waals surface area (Å²) in [6, 6.07) is 0.189. The summed E-state index contributed by atoms with van der Waals surface area (Å²) in [6.07, 6.45) is 5.11. The van der Waals surface area contributed by atoms with Crippen LogP contribution in [0.5, 0.6) is 0 Å². The van der Waals surface area contributed by atoms with E-state index in [0.29, 0.717) is 12.5 Å². The van der Waals surface area contributed by atoms with Crippen LogP contribution in [0.2, 0.25) is 0 Å². The molecule has 2 N–H and O–H groups in total. The Labute approximate surface area is 95.6 Å². The largest absolute Gasteiger partial charge is 0.380 e. The first-order chi connectivity index (χ1) is 7.11. The molecule has 92 valence electrons. The second-order valence-electron chi connectivity index (χ2n) is 4.86. The molecule has 2 nitrogen and oxygen atoms in total. The molecule has 0 aliphatic heterocycles. The van der Waals surface area contributed by atoms with E-state index in [2.05, 4.69) is 27.7 Å². The molecule has 0 bridgehead atoms. The standard InChI is InChI=1S/C13H29NO/c1-5-7-8-12(6-2)9-15-10-13(14)11(3)4/h11-13H,5-10,14H2,1-4H3. The fraction of sp³-hybridized carbons (Fsp3) is 1.00. The van der Waals surface area contributed by atoms with Gasteiger partial charge in [-0.3, -0.25) is 0 Å². The van der Waals surface area contributed by atoms with Crippen molar-refractivity contribution in [1.82, 2.24) is 0 Å². The first-order valence-electron chi connectivity index (χ1n) is 6.45. The predicted molar refractivity (Wildman–Crippen MR) is 66.9 cm³/mol. The summed E-state index contributed by atoms with van der Waals surface area (Å²) in [7, 11) is 0. The van der Waals surface area contributed by atoms with E-state index in [1.807, 2.05) is 0 Å². The molecule has 0 aromatic heterocycles. The summed E-state index contributed by atoms with van der Waals surface area (Å²) >= 11 is 0. The van der Waals surface area contributed by atoms with E-state index >= 15 is 0 Å². The van der Waals surface area contributed by atoms with Crippen LogP contribution in [0.15, 0.2) is 0 Å². The highest BCUT2D eigenvalue weighted by atomic mass is 16.5. The zero-order valence-corrected chi connectivity index (χ0v) is 11.0. The summed E-state index contributed by atoms with van der Waals surface area (Å²) in [4.78, 5) is 0. The van der Waals surface area contributed by atoms with Crippen molar-refractivity contribution in [2.24, 2.45) is 17.6 Å². The Morgan fingerprint density at radius 3 is 2.27 bits per heavy atom. The third-order valence-electron chi connectivity index (χ3n) is 3.06. The van der Waals surface area contributed by atoms with Gasteiger partial charge in [0.2, 0.25) is 0 Å². The molecule has 0 aromatic carbocycles. The number of hydrogen-bond donors (Lipinski definition) is 1. The van der Waals surface area contributed by atoms with E-state index in [1.165, 1.54) is 25.7 Å². The van der Waals surface area contributed by atoms with Crippen molar-refractivity contribution in [3.8, 4) is 0 Å². The number of ether oxygens (including phenoxy) is 1. The Balaban J connectivity index is 3.53. The van der Waals surface area contributed by atoms with Crippen molar-refractivity contribution in [1.29, 1.82) is 0 Å². The number of hydrogen-bond acceptors (Lipinski definition) is 2. The van der Waals surface area contributed by atoms with Crippen LogP contribution in [-0.2, 0) is 4.74 Å². The van der Waals surface area contributed by atoms with Gasteiger partial charge in [-0.05, 0) is 18.3 Å². The van der Waals surface area contributed by atoms with Gasteiger partial charge in [0, 0.05) is 12.6 Å². The second-order valence-corrected chi connectivity index (χ2v) is 4.86. The SMILES string of the molecule is CCCCC(CC)COCC(N)C(C)C. The van der Waals surface area contributed by atoms with Gasteiger partial charge in [-0.2, -0.15) is 0 Å². The zero-order chi connectivity index (χ0) is 11.7. The Kier molecular flexibility index (Phi) is 9.12. The normalized spacial score (nSPS) is 15.6. The molecule has 0 spiro atoms.